The van der Waals surface area contributed by atoms with Gasteiger partial charge < -0.3 is 19.7 Å². The number of anilines is 1. The smallest absolute Gasteiger partial charge is 0.407 e. The molecule has 1 aliphatic heterocycles. The van der Waals surface area contributed by atoms with E-state index in [0.717, 1.165) is 28.9 Å². The van der Waals surface area contributed by atoms with Crippen LogP contribution in [-0.4, -0.2) is 64.9 Å². The van der Waals surface area contributed by atoms with Gasteiger partial charge >= 0.3 is 6.09 Å². The molecule has 0 unspecified atom stereocenters. The van der Waals surface area contributed by atoms with E-state index in [0.29, 0.717) is 37.5 Å². The van der Waals surface area contributed by atoms with Crippen LogP contribution in [0.15, 0.2) is 30.3 Å². The van der Waals surface area contributed by atoms with Gasteiger partial charge in [-0.05, 0) is 52.2 Å². The molecule has 10 nitrogen and oxygen atoms in total. The first kappa shape index (κ1) is 28.0. The highest BCUT2D eigenvalue weighted by atomic mass is 16.6. The fourth-order valence-electron chi connectivity index (χ4n) is 4.89. The summed E-state index contributed by atoms with van der Waals surface area (Å²) in [6.07, 6.45) is 0.361. The lowest BCUT2D eigenvalue weighted by atomic mass is 9.90. The minimum absolute atomic E-state index is 0.0133. The van der Waals surface area contributed by atoms with Crippen molar-refractivity contribution in [2.45, 2.75) is 53.6 Å². The number of Topliss-reactive ketones (excluding diaryl/α,β-unsaturated/α-hetero) is 1. The molecule has 4 rings (SSSR count). The molecule has 206 valence electrons. The van der Waals surface area contributed by atoms with Gasteiger partial charge in [0, 0.05) is 37.2 Å². The lowest BCUT2D eigenvalue weighted by Crippen LogP contribution is -2.40. The van der Waals surface area contributed by atoms with E-state index in [9.17, 15) is 14.9 Å². The molecule has 0 saturated carbocycles. The minimum Gasteiger partial charge on any atom is -0.444 e. The molecule has 1 N–H and O–H groups in total. The van der Waals surface area contributed by atoms with Crippen LogP contribution in [0.25, 0.3) is 16.8 Å². The summed E-state index contributed by atoms with van der Waals surface area (Å²) < 4.78 is 12.3. The van der Waals surface area contributed by atoms with Crippen molar-refractivity contribution in [3.05, 3.63) is 47.3 Å². The van der Waals surface area contributed by atoms with Gasteiger partial charge in [0.2, 0.25) is 11.6 Å². The summed E-state index contributed by atoms with van der Waals surface area (Å²) in [5.74, 6) is 0.429. The van der Waals surface area contributed by atoms with Crippen molar-refractivity contribution in [2.75, 3.05) is 37.7 Å². The highest BCUT2D eigenvalue weighted by Gasteiger charge is 2.38. The zero-order valence-corrected chi connectivity index (χ0v) is 23.5. The van der Waals surface area contributed by atoms with Gasteiger partial charge in [0.05, 0.1) is 0 Å². The quantitative estimate of drug-likeness (QED) is 0.420. The Balaban J connectivity index is 1.78. The van der Waals surface area contributed by atoms with Crippen LogP contribution in [0, 0.1) is 23.7 Å². The number of ether oxygens (including phenoxy) is 2. The number of carbonyl (C=O) groups excluding carboxylic acids is 2. The molecule has 0 spiro atoms. The van der Waals surface area contributed by atoms with Gasteiger partial charge in [-0.15, -0.1) is 5.10 Å². The molecular weight excluding hydrogens is 496 g/mol. The number of aromatic nitrogens is 3. The zero-order valence-electron chi connectivity index (χ0n) is 23.5. The number of pyridine rings is 1. The number of benzene rings is 1. The Kier molecular flexibility index (Phi) is 7.93. The fraction of sp³-hybridized carbons (Fsp3) is 0.483. The Morgan fingerprint density at radius 2 is 1.95 bits per heavy atom. The van der Waals surface area contributed by atoms with Crippen LogP contribution in [0.3, 0.4) is 0 Å². The van der Waals surface area contributed by atoms with Gasteiger partial charge in [0.25, 0.3) is 0 Å². The van der Waals surface area contributed by atoms with Gasteiger partial charge in [-0.2, -0.15) is 9.78 Å². The molecule has 1 aromatic carbocycles. The number of alkyl carbamates (subject to hydrolysis) is 1. The molecule has 3 aromatic rings. The highest BCUT2D eigenvalue weighted by Crippen LogP contribution is 2.41. The van der Waals surface area contributed by atoms with Crippen LogP contribution in [0.2, 0.25) is 0 Å². The number of amides is 1. The average molecular weight is 533 g/mol. The first-order valence-electron chi connectivity index (χ1n) is 13.2. The van der Waals surface area contributed by atoms with Gasteiger partial charge in [-0.1, -0.05) is 37.3 Å². The number of nitrogens with zero attached hydrogens (tertiary/aromatic N) is 5. The molecule has 1 aliphatic rings. The van der Waals surface area contributed by atoms with Crippen molar-refractivity contribution in [1.29, 1.82) is 5.26 Å². The van der Waals surface area contributed by atoms with E-state index in [1.54, 1.807) is 4.52 Å². The van der Waals surface area contributed by atoms with Crippen LogP contribution in [0.4, 0.5) is 10.6 Å². The monoisotopic (exact) mass is 532 g/mol. The maximum absolute atomic E-state index is 12.8. The summed E-state index contributed by atoms with van der Waals surface area (Å²) >= 11 is 0. The molecule has 0 bridgehead atoms. The third kappa shape index (κ3) is 6.04. The third-order valence-corrected chi connectivity index (χ3v) is 6.78. The number of nitrogens with one attached hydrogen (secondary N) is 1. The van der Waals surface area contributed by atoms with Crippen molar-refractivity contribution in [3.63, 3.8) is 0 Å². The Morgan fingerprint density at radius 3 is 2.59 bits per heavy atom. The second-order valence-corrected chi connectivity index (χ2v) is 11.2. The SMILES string of the molecule is CCOCC(=O)c1nc2c(C#N)c(C)c(-c3ccccc3)c(N3CC[C@@](C)(CNC(=O)OC(C)(C)C)C3)n2n1. The molecular formula is C29H36N6O4. The summed E-state index contributed by atoms with van der Waals surface area (Å²) in [5.41, 5.74) is 2.45. The number of ketones is 1. The van der Waals surface area contributed by atoms with E-state index in [2.05, 4.69) is 33.3 Å². The molecule has 1 amide bonds. The summed E-state index contributed by atoms with van der Waals surface area (Å²) in [7, 11) is 0. The maximum Gasteiger partial charge on any atom is 0.407 e. The number of rotatable bonds is 8. The Hall–Kier alpha value is -3.97. The molecule has 3 heterocycles. The average Bonchev–Trinajstić information content (AvgIpc) is 3.49. The van der Waals surface area contributed by atoms with Gasteiger partial charge in [0.1, 0.15) is 29.7 Å². The molecule has 2 aromatic heterocycles. The van der Waals surface area contributed by atoms with Crippen LogP contribution in [0.5, 0.6) is 0 Å². The first-order chi connectivity index (χ1) is 18.5. The van der Waals surface area contributed by atoms with Crippen LogP contribution in [0.1, 0.15) is 62.8 Å². The molecule has 0 radical (unpaired) electrons. The van der Waals surface area contributed by atoms with E-state index < -0.39 is 11.7 Å². The Bertz CT molecular complexity index is 1420. The molecule has 39 heavy (non-hydrogen) atoms. The normalized spacial score (nSPS) is 17.3. The van der Waals surface area contributed by atoms with Crippen molar-refractivity contribution < 1.29 is 19.1 Å². The maximum atomic E-state index is 12.8. The number of hydrogen-bond acceptors (Lipinski definition) is 8. The van der Waals surface area contributed by atoms with Crippen molar-refractivity contribution in [1.82, 2.24) is 19.9 Å². The second-order valence-electron chi connectivity index (χ2n) is 11.2. The number of carbonyl (C=O) groups is 2. The number of hydrogen-bond donors (Lipinski definition) is 1. The number of fused-ring (bicyclic) bond motifs is 1. The van der Waals surface area contributed by atoms with Crippen molar-refractivity contribution in [3.8, 4) is 17.2 Å². The molecule has 0 aliphatic carbocycles. The Labute approximate surface area is 228 Å². The standard InChI is InChI=1S/C29H36N6O4/c1-7-38-16-22(36)24-32-25-21(15-30)19(2)23(20-11-9-8-10-12-20)26(35(25)33-24)34-14-13-29(6,18-34)17-31-27(37)39-28(3,4)5/h8-12H,7,13-14,16-18H2,1-6H3,(H,31,37)/t29-/m0/s1. The summed E-state index contributed by atoms with van der Waals surface area (Å²) in [5, 5.41) is 17.6. The summed E-state index contributed by atoms with van der Waals surface area (Å²) in [6.45, 7) is 13.4. The van der Waals surface area contributed by atoms with E-state index >= 15 is 0 Å². The topological polar surface area (TPSA) is 122 Å². The van der Waals surface area contributed by atoms with E-state index in [4.69, 9.17) is 9.47 Å². The second kappa shape index (κ2) is 11.0. The predicted molar refractivity (Wildman–Crippen MR) is 148 cm³/mol. The minimum atomic E-state index is -0.576. The van der Waals surface area contributed by atoms with Gasteiger partial charge in [-0.25, -0.2) is 9.78 Å². The summed E-state index contributed by atoms with van der Waals surface area (Å²) in [4.78, 5) is 31.8. The van der Waals surface area contributed by atoms with Gasteiger partial charge in [-0.3, -0.25) is 4.79 Å². The third-order valence-electron chi connectivity index (χ3n) is 6.78. The Morgan fingerprint density at radius 1 is 1.23 bits per heavy atom. The van der Waals surface area contributed by atoms with Gasteiger partial charge in [0.15, 0.2) is 5.65 Å². The lowest BCUT2D eigenvalue weighted by Gasteiger charge is -2.28. The summed E-state index contributed by atoms with van der Waals surface area (Å²) in [6, 6.07) is 12.1. The first-order valence-corrected chi connectivity index (χ1v) is 13.2. The van der Waals surface area contributed by atoms with Crippen LogP contribution >= 0.6 is 0 Å². The van der Waals surface area contributed by atoms with Crippen molar-refractivity contribution >= 4 is 23.3 Å². The van der Waals surface area contributed by atoms with Crippen LogP contribution in [-0.2, 0) is 9.47 Å². The van der Waals surface area contributed by atoms with E-state index in [1.807, 2.05) is 65.0 Å². The molecule has 1 saturated heterocycles. The zero-order chi connectivity index (χ0) is 28.4. The molecule has 1 fully saturated rings. The van der Waals surface area contributed by atoms with Crippen molar-refractivity contribution in [2.24, 2.45) is 5.41 Å². The predicted octanol–water partition coefficient (Wildman–Crippen LogP) is 4.54. The van der Waals surface area contributed by atoms with Crippen LogP contribution < -0.4 is 10.2 Å². The molecule has 1 atom stereocenters. The van der Waals surface area contributed by atoms with E-state index in [1.165, 1.54) is 0 Å². The highest BCUT2D eigenvalue weighted by molar-refractivity contribution is 5.95. The largest absolute Gasteiger partial charge is 0.444 e. The fourth-order valence-corrected chi connectivity index (χ4v) is 4.89. The lowest BCUT2D eigenvalue weighted by molar-refractivity contribution is 0.0507. The van der Waals surface area contributed by atoms with E-state index in [-0.39, 0.29) is 23.6 Å². The molecule has 10 heteroatoms. The number of nitriles is 1.